The Morgan fingerprint density at radius 3 is 2.52 bits per heavy atom. The molecule has 0 aromatic heterocycles. The van der Waals surface area contributed by atoms with E-state index in [0.29, 0.717) is 5.41 Å². The SMILES string of the molecule is CCCNCc1ccc(N2CCC(C)(CC)CC2)c(F)c1. The van der Waals surface area contributed by atoms with Gasteiger partial charge < -0.3 is 10.2 Å². The highest BCUT2D eigenvalue weighted by Crippen LogP contribution is 2.36. The summed E-state index contributed by atoms with van der Waals surface area (Å²) >= 11 is 0. The van der Waals surface area contributed by atoms with Gasteiger partial charge in [-0.15, -0.1) is 0 Å². The molecule has 118 valence electrons. The minimum absolute atomic E-state index is 0.0779. The minimum atomic E-state index is -0.0779. The molecule has 21 heavy (non-hydrogen) atoms. The summed E-state index contributed by atoms with van der Waals surface area (Å²) in [6, 6.07) is 5.69. The smallest absolute Gasteiger partial charge is 0.146 e. The number of benzene rings is 1. The fraction of sp³-hybridized carbons (Fsp3) is 0.667. The van der Waals surface area contributed by atoms with E-state index < -0.39 is 0 Å². The topological polar surface area (TPSA) is 15.3 Å². The molecule has 2 nitrogen and oxygen atoms in total. The quantitative estimate of drug-likeness (QED) is 0.785. The Morgan fingerprint density at radius 2 is 1.95 bits per heavy atom. The third-order valence-corrected chi connectivity index (χ3v) is 4.93. The van der Waals surface area contributed by atoms with E-state index in [-0.39, 0.29) is 5.82 Å². The highest BCUT2D eigenvalue weighted by molar-refractivity contribution is 5.49. The van der Waals surface area contributed by atoms with Crippen LogP contribution in [0.15, 0.2) is 18.2 Å². The van der Waals surface area contributed by atoms with E-state index in [2.05, 4.69) is 37.1 Å². The predicted molar refractivity (Wildman–Crippen MR) is 88.2 cm³/mol. The molecule has 0 atom stereocenters. The van der Waals surface area contributed by atoms with Crippen molar-refractivity contribution < 1.29 is 4.39 Å². The van der Waals surface area contributed by atoms with Gasteiger partial charge in [-0.3, -0.25) is 0 Å². The molecule has 1 aliphatic heterocycles. The normalized spacial score (nSPS) is 18.0. The van der Waals surface area contributed by atoms with E-state index in [9.17, 15) is 4.39 Å². The zero-order chi connectivity index (χ0) is 15.3. The highest BCUT2D eigenvalue weighted by Gasteiger charge is 2.29. The molecule has 0 radical (unpaired) electrons. The Bertz CT molecular complexity index is 451. The lowest BCUT2D eigenvalue weighted by Crippen LogP contribution is -2.38. The van der Waals surface area contributed by atoms with Crippen LogP contribution in [0.3, 0.4) is 0 Å². The molecule has 2 rings (SSSR count). The molecule has 1 aromatic rings. The summed E-state index contributed by atoms with van der Waals surface area (Å²) in [5, 5.41) is 3.32. The summed E-state index contributed by atoms with van der Waals surface area (Å²) in [5.41, 5.74) is 2.24. The number of nitrogens with one attached hydrogen (secondary N) is 1. The van der Waals surface area contributed by atoms with Crippen molar-refractivity contribution in [1.82, 2.24) is 5.32 Å². The van der Waals surface area contributed by atoms with Crippen LogP contribution in [-0.4, -0.2) is 19.6 Å². The van der Waals surface area contributed by atoms with Crippen molar-refractivity contribution >= 4 is 5.69 Å². The van der Waals surface area contributed by atoms with Crippen molar-refractivity contribution in [1.29, 1.82) is 0 Å². The van der Waals surface area contributed by atoms with Crippen LogP contribution in [0.5, 0.6) is 0 Å². The maximum atomic E-state index is 14.3. The summed E-state index contributed by atoms with van der Waals surface area (Å²) < 4.78 is 14.3. The van der Waals surface area contributed by atoms with Crippen molar-refractivity contribution in [3.63, 3.8) is 0 Å². The zero-order valence-electron chi connectivity index (χ0n) is 13.7. The van der Waals surface area contributed by atoms with Gasteiger partial charge in [0.1, 0.15) is 5.82 Å². The van der Waals surface area contributed by atoms with Crippen LogP contribution in [0, 0.1) is 11.2 Å². The number of nitrogens with zero attached hydrogens (tertiary/aromatic N) is 1. The van der Waals surface area contributed by atoms with Gasteiger partial charge >= 0.3 is 0 Å². The zero-order valence-corrected chi connectivity index (χ0v) is 13.7. The van der Waals surface area contributed by atoms with Crippen molar-refractivity contribution in [2.45, 2.75) is 53.0 Å². The minimum Gasteiger partial charge on any atom is -0.369 e. The number of halogens is 1. The van der Waals surface area contributed by atoms with E-state index in [0.717, 1.165) is 56.7 Å². The molecule has 0 spiro atoms. The molecule has 0 bridgehead atoms. The third-order valence-electron chi connectivity index (χ3n) is 4.93. The van der Waals surface area contributed by atoms with Crippen LogP contribution in [0.2, 0.25) is 0 Å². The molecule has 1 aromatic carbocycles. The molecule has 1 N–H and O–H groups in total. The molecule has 0 amide bonds. The molecular formula is C18H29FN2. The lowest BCUT2D eigenvalue weighted by atomic mass is 9.78. The van der Waals surface area contributed by atoms with Gasteiger partial charge in [0.2, 0.25) is 0 Å². The second-order valence-electron chi connectivity index (χ2n) is 6.61. The van der Waals surface area contributed by atoms with E-state index >= 15 is 0 Å². The van der Waals surface area contributed by atoms with Gasteiger partial charge in [-0.2, -0.15) is 0 Å². The molecular weight excluding hydrogens is 263 g/mol. The van der Waals surface area contributed by atoms with E-state index in [1.54, 1.807) is 6.07 Å². The summed E-state index contributed by atoms with van der Waals surface area (Å²) in [6.45, 7) is 10.4. The average molecular weight is 292 g/mol. The maximum absolute atomic E-state index is 14.3. The van der Waals surface area contributed by atoms with Gasteiger partial charge in [0.15, 0.2) is 0 Å². The molecule has 1 heterocycles. The van der Waals surface area contributed by atoms with Gasteiger partial charge in [-0.05, 0) is 48.9 Å². The molecule has 1 fully saturated rings. The molecule has 3 heteroatoms. The largest absolute Gasteiger partial charge is 0.369 e. The fourth-order valence-electron chi connectivity index (χ4n) is 2.97. The number of hydrogen-bond acceptors (Lipinski definition) is 2. The third kappa shape index (κ3) is 4.19. The van der Waals surface area contributed by atoms with Crippen molar-refractivity contribution in [2.24, 2.45) is 5.41 Å². The Kier molecular flexibility index (Phi) is 5.63. The van der Waals surface area contributed by atoms with Crippen LogP contribution in [0.25, 0.3) is 0 Å². The first-order chi connectivity index (χ1) is 10.1. The maximum Gasteiger partial charge on any atom is 0.146 e. The van der Waals surface area contributed by atoms with Crippen LogP contribution >= 0.6 is 0 Å². The van der Waals surface area contributed by atoms with Crippen molar-refractivity contribution in [2.75, 3.05) is 24.5 Å². The van der Waals surface area contributed by atoms with Gasteiger partial charge in [0.05, 0.1) is 5.69 Å². The van der Waals surface area contributed by atoms with Gasteiger partial charge in [-0.25, -0.2) is 4.39 Å². The van der Waals surface area contributed by atoms with Gasteiger partial charge in [0, 0.05) is 19.6 Å². The number of rotatable bonds is 6. The van der Waals surface area contributed by atoms with Crippen LogP contribution in [0.4, 0.5) is 10.1 Å². The van der Waals surface area contributed by atoms with Crippen LogP contribution in [0.1, 0.15) is 52.0 Å². The first-order valence-electron chi connectivity index (χ1n) is 8.32. The summed E-state index contributed by atoms with van der Waals surface area (Å²) in [6.07, 6.45) is 4.63. The monoisotopic (exact) mass is 292 g/mol. The second-order valence-corrected chi connectivity index (χ2v) is 6.61. The van der Waals surface area contributed by atoms with Gasteiger partial charge in [-0.1, -0.05) is 33.3 Å². The number of hydrogen-bond donors (Lipinski definition) is 1. The lowest BCUT2D eigenvalue weighted by Gasteiger charge is -2.40. The summed E-state index contributed by atoms with van der Waals surface area (Å²) in [5.74, 6) is -0.0779. The van der Waals surface area contributed by atoms with Crippen LogP contribution in [-0.2, 0) is 6.54 Å². The molecule has 1 saturated heterocycles. The first-order valence-corrected chi connectivity index (χ1v) is 8.32. The number of piperidine rings is 1. The van der Waals surface area contributed by atoms with Crippen LogP contribution < -0.4 is 10.2 Å². The van der Waals surface area contributed by atoms with Crippen molar-refractivity contribution in [3.8, 4) is 0 Å². The Morgan fingerprint density at radius 1 is 1.24 bits per heavy atom. The Labute approximate surface area is 128 Å². The molecule has 0 unspecified atom stereocenters. The van der Waals surface area contributed by atoms with Crippen molar-refractivity contribution in [3.05, 3.63) is 29.6 Å². The Hall–Kier alpha value is -1.09. The average Bonchev–Trinajstić information content (AvgIpc) is 2.49. The number of anilines is 1. The summed E-state index contributed by atoms with van der Waals surface area (Å²) in [7, 11) is 0. The molecule has 1 aliphatic rings. The molecule has 0 saturated carbocycles. The van der Waals surface area contributed by atoms with E-state index in [1.807, 2.05) is 6.07 Å². The fourth-order valence-corrected chi connectivity index (χ4v) is 2.97. The van der Waals surface area contributed by atoms with E-state index in [4.69, 9.17) is 0 Å². The predicted octanol–water partition coefficient (Wildman–Crippen LogP) is 4.34. The highest BCUT2D eigenvalue weighted by atomic mass is 19.1. The first kappa shape index (κ1) is 16.3. The Balaban J connectivity index is 1.98. The lowest BCUT2D eigenvalue weighted by molar-refractivity contribution is 0.237. The standard InChI is InChI=1S/C18H29FN2/c1-4-10-20-14-15-6-7-17(16(19)13-15)21-11-8-18(3,5-2)9-12-21/h6-7,13,20H,4-5,8-12,14H2,1-3H3. The molecule has 0 aliphatic carbocycles. The summed E-state index contributed by atoms with van der Waals surface area (Å²) in [4.78, 5) is 2.20. The van der Waals surface area contributed by atoms with Gasteiger partial charge in [0.25, 0.3) is 0 Å². The second kappa shape index (κ2) is 7.26. The van der Waals surface area contributed by atoms with E-state index in [1.165, 1.54) is 6.42 Å².